The van der Waals surface area contributed by atoms with E-state index in [2.05, 4.69) is 35.1 Å². The lowest BCUT2D eigenvalue weighted by Crippen LogP contribution is -2.48. The molecule has 1 saturated heterocycles. The van der Waals surface area contributed by atoms with Crippen molar-refractivity contribution in [2.75, 3.05) is 42.1 Å². The molecule has 0 saturated carbocycles. The first-order valence-corrected chi connectivity index (χ1v) is 8.49. The third kappa shape index (κ3) is 3.10. The minimum Gasteiger partial charge on any atom is -0.353 e. The zero-order valence-electron chi connectivity index (χ0n) is 12.7. The Morgan fingerprint density at radius 1 is 0.783 bits per heavy atom. The zero-order valence-corrected chi connectivity index (χ0v) is 13.6. The number of anilines is 2. The predicted octanol–water partition coefficient (Wildman–Crippen LogP) is 2.08. The first kappa shape index (κ1) is 14.3. The van der Waals surface area contributed by atoms with Crippen LogP contribution in [0.25, 0.3) is 0 Å². The van der Waals surface area contributed by atoms with E-state index in [-0.39, 0.29) is 0 Å². The van der Waals surface area contributed by atoms with Crippen molar-refractivity contribution < 1.29 is 0 Å². The van der Waals surface area contributed by atoms with Crippen LogP contribution >= 0.6 is 11.9 Å². The van der Waals surface area contributed by atoms with Crippen molar-refractivity contribution in [1.82, 2.24) is 14.9 Å². The van der Waals surface area contributed by atoms with Gasteiger partial charge in [0.1, 0.15) is 18.3 Å². The van der Waals surface area contributed by atoms with Crippen LogP contribution in [-0.4, -0.2) is 52.9 Å². The van der Waals surface area contributed by atoms with E-state index in [1.54, 1.807) is 11.9 Å². The van der Waals surface area contributed by atoms with Gasteiger partial charge in [0.05, 0.1) is 0 Å². The minimum absolute atomic E-state index is 0.664. The van der Waals surface area contributed by atoms with Crippen molar-refractivity contribution >= 4 is 28.8 Å². The van der Waals surface area contributed by atoms with Gasteiger partial charge in [0, 0.05) is 50.5 Å². The molecule has 118 valence electrons. The van der Waals surface area contributed by atoms with Crippen LogP contribution in [0.4, 0.5) is 11.6 Å². The third-order valence-corrected chi connectivity index (χ3v) is 5.03. The van der Waals surface area contributed by atoms with Gasteiger partial charge in [-0.1, -0.05) is 12.1 Å². The van der Waals surface area contributed by atoms with Crippen molar-refractivity contribution in [3.63, 3.8) is 0 Å². The molecule has 0 bridgehead atoms. The lowest BCUT2D eigenvalue weighted by molar-refractivity contribution is 0.391. The second-order valence-electron chi connectivity index (χ2n) is 5.40. The molecule has 6 nitrogen and oxygen atoms in total. The maximum absolute atomic E-state index is 4.67. The van der Waals surface area contributed by atoms with E-state index < -0.39 is 0 Å². The summed E-state index contributed by atoms with van der Waals surface area (Å²) in [4.78, 5) is 18.2. The maximum Gasteiger partial charge on any atom is 0.182 e. The molecule has 4 heterocycles. The van der Waals surface area contributed by atoms with Crippen LogP contribution < -0.4 is 9.21 Å². The molecule has 0 spiro atoms. The smallest absolute Gasteiger partial charge is 0.182 e. The van der Waals surface area contributed by atoms with Crippen LogP contribution in [0.2, 0.25) is 0 Å². The Morgan fingerprint density at radius 2 is 1.43 bits per heavy atom. The molecule has 2 aliphatic rings. The van der Waals surface area contributed by atoms with Gasteiger partial charge in [0.2, 0.25) is 0 Å². The van der Waals surface area contributed by atoms with Gasteiger partial charge in [-0.3, -0.25) is 4.31 Å². The van der Waals surface area contributed by atoms with Crippen molar-refractivity contribution in [2.45, 2.75) is 0 Å². The first-order chi connectivity index (χ1) is 11.4. The Bertz CT molecular complexity index is 669. The Kier molecular flexibility index (Phi) is 4.02. The number of hydrogen-bond acceptors (Lipinski definition) is 7. The highest BCUT2D eigenvalue weighted by atomic mass is 32.2. The molecule has 23 heavy (non-hydrogen) atoms. The Balaban J connectivity index is 1.35. The van der Waals surface area contributed by atoms with Gasteiger partial charge in [-0.2, -0.15) is 0 Å². The molecule has 0 aromatic carbocycles. The summed E-state index contributed by atoms with van der Waals surface area (Å²) >= 11 is 1.68. The monoisotopic (exact) mass is 326 g/mol. The van der Waals surface area contributed by atoms with Gasteiger partial charge in [0.15, 0.2) is 5.17 Å². The van der Waals surface area contributed by atoms with E-state index in [1.807, 2.05) is 42.7 Å². The highest BCUT2D eigenvalue weighted by Crippen LogP contribution is 2.28. The number of aromatic nitrogens is 2. The van der Waals surface area contributed by atoms with Crippen molar-refractivity contribution in [2.24, 2.45) is 4.99 Å². The number of rotatable bonds is 2. The quantitative estimate of drug-likeness (QED) is 0.788. The molecule has 2 aromatic heterocycles. The molecule has 0 amide bonds. The van der Waals surface area contributed by atoms with Gasteiger partial charge in [-0.15, -0.1) is 0 Å². The number of hydrogen-bond donors (Lipinski definition) is 0. The normalized spacial score (nSPS) is 18.3. The number of nitrogens with zero attached hydrogens (tertiary/aromatic N) is 6. The Hall–Kier alpha value is -2.28. The van der Waals surface area contributed by atoms with Gasteiger partial charge in [-0.25, -0.2) is 15.0 Å². The molecule has 2 aromatic rings. The highest BCUT2D eigenvalue weighted by Gasteiger charge is 2.26. The lowest BCUT2D eigenvalue weighted by atomic mass is 10.3. The molecule has 0 N–H and O–H groups in total. The average Bonchev–Trinajstić information content (AvgIpc) is 3.14. The molecular weight excluding hydrogens is 308 g/mol. The summed E-state index contributed by atoms with van der Waals surface area (Å²) in [6.45, 7) is 4.55. The van der Waals surface area contributed by atoms with E-state index in [0.29, 0.717) is 6.67 Å². The van der Waals surface area contributed by atoms with Gasteiger partial charge in [-0.05, 0) is 24.3 Å². The summed E-state index contributed by atoms with van der Waals surface area (Å²) in [5, 5.41) is 1.09. The van der Waals surface area contributed by atoms with Crippen LogP contribution in [0.5, 0.6) is 0 Å². The number of piperazine rings is 1. The summed E-state index contributed by atoms with van der Waals surface area (Å²) in [6, 6.07) is 12.0. The van der Waals surface area contributed by atoms with Crippen LogP contribution in [0, 0.1) is 0 Å². The van der Waals surface area contributed by atoms with E-state index in [9.17, 15) is 0 Å². The maximum atomic E-state index is 4.67. The predicted molar refractivity (Wildman–Crippen MR) is 94.6 cm³/mol. The van der Waals surface area contributed by atoms with Crippen LogP contribution in [0.3, 0.4) is 0 Å². The van der Waals surface area contributed by atoms with Crippen molar-refractivity contribution in [1.29, 1.82) is 0 Å². The summed E-state index contributed by atoms with van der Waals surface area (Å²) in [6.07, 6.45) is 3.67. The third-order valence-electron chi connectivity index (χ3n) is 3.95. The molecule has 7 heteroatoms. The van der Waals surface area contributed by atoms with E-state index >= 15 is 0 Å². The van der Waals surface area contributed by atoms with E-state index in [0.717, 1.165) is 43.0 Å². The molecule has 0 atom stereocenters. The Morgan fingerprint density at radius 3 is 2.09 bits per heavy atom. The summed E-state index contributed by atoms with van der Waals surface area (Å²) in [5.41, 5.74) is 0. The van der Waals surface area contributed by atoms with Gasteiger partial charge in [0.25, 0.3) is 0 Å². The second kappa shape index (κ2) is 6.45. The fourth-order valence-corrected chi connectivity index (χ4v) is 3.65. The van der Waals surface area contributed by atoms with Gasteiger partial charge >= 0.3 is 0 Å². The van der Waals surface area contributed by atoms with Crippen molar-refractivity contribution in [3.8, 4) is 0 Å². The van der Waals surface area contributed by atoms with E-state index in [4.69, 9.17) is 0 Å². The first-order valence-electron chi connectivity index (χ1n) is 7.72. The fraction of sp³-hybridized carbons (Fsp3) is 0.312. The number of pyridine rings is 2. The topological polar surface area (TPSA) is 47.9 Å². The molecular formula is C16H18N6S. The summed E-state index contributed by atoms with van der Waals surface area (Å²) < 4.78 is 2.13. The lowest BCUT2D eigenvalue weighted by Gasteiger charge is -2.36. The SMILES string of the molecule is c1ccc(N2CCN(C3=NCN(c4ccccn4)S3)CC2)nc1. The minimum atomic E-state index is 0.664. The Labute approximate surface area is 140 Å². The van der Waals surface area contributed by atoms with Crippen molar-refractivity contribution in [3.05, 3.63) is 48.8 Å². The number of amidine groups is 1. The largest absolute Gasteiger partial charge is 0.353 e. The fourth-order valence-electron chi connectivity index (χ4n) is 2.73. The average molecular weight is 326 g/mol. The molecule has 1 fully saturated rings. The summed E-state index contributed by atoms with van der Waals surface area (Å²) in [5.74, 6) is 2.02. The zero-order chi connectivity index (χ0) is 15.5. The molecule has 0 aliphatic carbocycles. The second-order valence-corrected chi connectivity index (χ2v) is 6.39. The van der Waals surface area contributed by atoms with Crippen LogP contribution in [0.1, 0.15) is 0 Å². The van der Waals surface area contributed by atoms with Crippen LogP contribution in [0.15, 0.2) is 53.8 Å². The molecule has 0 radical (unpaired) electrons. The number of aliphatic imine (C=N–C) groups is 1. The van der Waals surface area contributed by atoms with E-state index in [1.165, 1.54) is 0 Å². The highest BCUT2D eigenvalue weighted by molar-refractivity contribution is 8.15. The van der Waals surface area contributed by atoms with Gasteiger partial charge < -0.3 is 9.80 Å². The standard InChI is InChI=1S/C16H18N6S/c1-3-7-17-14(5-1)20-9-11-21(12-10-20)16-19-13-22(23-16)15-6-2-4-8-18-15/h1-8H,9-13H2. The molecule has 0 unspecified atom stereocenters. The van der Waals surface area contributed by atoms with Crippen LogP contribution in [-0.2, 0) is 0 Å². The summed E-state index contributed by atoms with van der Waals surface area (Å²) in [7, 11) is 0. The molecule has 2 aliphatic heterocycles. The molecule has 4 rings (SSSR count).